The first-order valence-corrected chi connectivity index (χ1v) is 5.95. The maximum Gasteiger partial charge on any atom is 0.236 e. The smallest absolute Gasteiger partial charge is 0.236 e. The lowest BCUT2D eigenvalue weighted by Gasteiger charge is -2.17. The van der Waals surface area contributed by atoms with E-state index >= 15 is 0 Å². The van der Waals surface area contributed by atoms with Gasteiger partial charge in [-0.2, -0.15) is 0 Å². The molecule has 2 aromatic rings. The molecule has 0 aliphatic heterocycles. The summed E-state index contributed by atoms with van der Waals surface area (Å²) in [5, 5.41) is 7.82. The second kappa shape index (κ2) is 4.00. The second-order valence-corrected chi connectivity index (χ2v) is 4.62. The third-order valence-corrected chi connectivity index (χ3v) is 3.24. The normalized spacial score (nSPS) is 19.3. The first-order chi connectivity index (χ1) is 8.22. The average molecular weight is 232 g/mol. The maximum absolute atomic E-state index is 6.09. The summed E-state index contributed by atoms with van der Waals surface area (Å²) in [6.45, 7) is 2.42. The van der Waals surface area contributed by atoms with Gasteiger partial charge in [-0.3, -0.25) is 0 Å². The summed E-state index contributed by atoms with van der Waals surface area (Å²) in [6.07, 6.45) is 7.64. The number of hydrogen-bond acceptors (Lipinski definition) is 4. The minimum absolute atomic E-state index is 0.185. The van der Waals surface area contributed by atoms with Crippen LogP contribution in [0, 0.1) is 6.92 Å². The van der Waals surface area contributed by atoms with Crippen LogP contribution in [0.25, 0.3) is 0 Å². The van der Waals surface area contributed by atoms with E-state index in [0.29, 0.717) is 18.3 Å². The summed E-state index contributed by atoms with van der Waals surface area (Å²) >= 11 is 0. The summed E-state index contributed by atoms with van der Waals surface area (Å²) in [4.78, 5) is 0. The van der Waals surface area contributed by atoms with Gasteiger partial charge in [-0.05, 0) is 30.4 Å². The zero-order valence-corrected chi connectivity index (χ0v) is 9.89. The van der Waals surface area contributed by atoms with Crippen molar-refractivity contribution in [3.63, 3.8) is 0 Å². The van der Waals surface area contributed by atoms with Crippen LogP contribution in [0.5, 0.6) is 0 Å². The number of aryl methyl sites for hydroxylation is 2. The lowest BCUT2D eigenvalue weighted by atomic mass is 9.92. The number of hydrogen-bond donors (Lipinski definition) is 1. The van der Waals surface area contributed by atoms with Crippen molar-refractivity contribution < 1.29 is 4.42 Å². The quantitative estimate of drug-likeness (QED) is 0.853. The third-order valence-electron chi connectivity index (χ3n) is 3.24. The Hall–Kier alpha value is -1.62. The van der Waals surface area contributed by atoms with Crippen LogP contribution in [0.4, 0.5) is 0 Å². The van der Waals surface area contributed by atoms with Gasteiger partial charge in [-0.25, -0.2) is 0 Å². The van der Waals surface area contributed by atoms with E-state index in [9.17, 15) is 0 Å². The van der Waals surface area contributed by atoms with Crippen LogP contribution >= 0.6 is 0 Å². The van der Waals surface area contributed by atoms with Crippen molar-refractivity contribution in [2.45, 2.75) is 38.8 Å². The van der Waals surface area contributed by atoms with Gasteiger partial charge >= 0.3 is 0 Å². The summed E-state index contributed by atoms with van der Waals surface area (Å²) in [5.74, 6) is 1.25. The molecule has 1 aliphatic rings. The van der Waals surface area contributed by atoms with Gasteiger partial charge < -0.3 is 14.7 Å². The van der Waals surface area contributed by atoms with Crippen molar-refractivity contribution in [1.29, 1.82) is 0 Å². The number of nitrogens with zero attached hydrogens (tertiary/aromatic N) is 3. The second-order valence-electron chi connectivity index (χ2n) is 4.62. The molecule has 5 heteroatoms. The minimum Gasteiger partial charge on any atom is -0.424 e. The Labute approximate surface area is 99.6 Å². The molecule has 3 rings (SSSR count). The molecule has 1 unspecified atom stereocenters. The van der Waals surface area contributed by atoms with Gasteiger partial charge in [-0.15, -0.1) is 10.2 Å². The molecule has 2 heterocycles. The molecule has 0 fully saturated rings. The van der Waals surface area contributed by atoms with E-state index in [2.05, 4.69) is 27.2 Å². The van der Waals surface area contributed by atoms with Gasteiger partial charge in [0.25, 0.3) is 0 Å². The van der Waals surface area contributed by atoms with Crippen LogP contribution in [0.1, 0.15) is 41.8 Å². The molecular formula is C12H16N4O. The van der Waals surface area contributed by atoms with Gasteiger partial charge in [0.15, 0.2) is 0 Å². The molecule has 1 aliphatic carbocycles. The molecule has 0 radical (unpaired) electrons. The largest absolute Gasteiger partial charge is 0.424 e. The van der Waals surface area contributed by atoms with Gasteiger partial charge in [0, 0.05) is 25.4 Å². The molecule has 0 aromatic carbocycles. The predicted molar refractivity (Wildman–Crippen MR) is 62.4 cm³/mol. The Kier molecular flexibility index (Phi) is 2.48. The van der Waals surface area contributed by atoms with E-state index in [0.717, 1.165) is 12.8 Å². The molecule has 5 nitrogen and oxygen atoms in total. The summed E-state index contributed by atoms with van der Waals surface area (Å²) < 4.78 is 7.46. The van der Waals surface area contributed by atoms with Crippen LogP contribution < -0.4 is 5.73 Å². The summed E-state index contributed by atoms with van der Waals surface area (Å²) in [6, 6.07) is 0.185. The Morgan fingerprint density at radius 2 is 2.35 bits per heavy atom. The zero-order valence-electron chi connectivity index (χ0n) is 9.89. The molecule has 90 valence electrons. The standard InChI is InChI=1S/C12H16N4O/c1-8-14-15-12(17-8)7-16-5-9-3-2-4-11(13)10(9)6-16/h5-6,11H,2-4,7,13H2,1H3. The minimum atomic E-state index is 0.185. The van der Waals surface area contributed by atoms with E-state index < -0.39 is 0 Å². The number of nitrogens with two attached hydrogens (primary N) is 1. The Balaban J connectivity index is 1.85. The molecule has 17 heavy (non-hydrogen) atoms. The van der Waals surface area contributed by atoms with Crippen LogP contribution in [-0.4, -0.2) is 14.8 Å². The molecule has 0 spiro atoms. The SMILES string of the molecule is Cc1nnc(Cn2cc3c(c2)C(N)CCC3)o1. The average Bonchev–Trinajstić information content (AvgIpc) is 2.86. The van der Waals surface area contributed by atoms with Crippen molar-refractivity contribution >= 4 is 0 Å². The first-order valence-electron chi connectivity index (χ1n) is 5.95. The highest BCUT2D eigenvalue weighted by Crippen LogP contribution is 2.28. The molecule has 2 aromatic heterocycles. The van der Waals surface area contributed by atoms with Gasteiger partial charge in [0.05, 0.1) is 0 Å². The predicted octanol–water partition coefficient (Wildman–Crippen LogP) is 1.56. The van der Waals surface area contributed by atoms with Crippen molar-refractivity contribution in [3.05, 3.63) is 35.3 Å². The third kappa shape index (κ3) is 1.98. The Morgan fingerprint density at radius 3 is 3.06 bits per heavy atom. The topological polar surface area (TPSA) is 69.9 Å². The molecule has 2 N–H and O–H groups in total. The van der Waals surface area contributed by atoms with Gasteiger partial charge in [-0.1, -0.05) is 0 Å². The van der Waals surface area contributed by atoms with Crippen LogP contribution in [0.3, 0.4) is 0 Å². The van der Waals surface area contributed by atoms with E-state index in [1.165, 1.54) is 17.5 Å². The molecule has 1 atom stereocenters. The maximum atomic E-state index is 6.09. The van der Waals surface area contributed by atoms with Crippen LogP contribution in [0.2, 0.25) is 0 Å². The van der Waals surface area contributed by atoms with Crippen LogP contribution in [-0.2, 0) is 13.0 Å². The van der Waals surface area contributed by atoms with Crippen molar-refractivity contribution in [2.24, 2.45) is 5.73 Å². The molecule has 0 saturated heterocycles. The lowest BCUT2D eigenvalue weighted by molar-refractivity contribution is 0.454. The fraction of sp³-hybridized carbons (Fsp3) is 0.500. The van der Waals surface area contributed by atoms with E-state index in [1.54, 1.807) is 6.92 Å². The fourth-order valence-corrected chi connectivity index (χ4v) is 2.43. The highest BCUT2D eigenvalue weighted by Gasteiger charge is 2.19. The van der Waals surface area contributed by atoms with Crippen molar-refractivity contribution in [1.82, 2.24) is 14.8 Å². The highest BCUT2D eigenvalue weighted by atomic mass is 16.4. The molecule has 0 saturated carbocycles. The molecule has 0 amide bonds. The van der Waals surface area contributed by atoms with Gasteiger partial charge in [0.2, 0.25) is 11.8 Å². The lowest BCUT2D eigenvalue weighted by Crippen LogP contribution is -2.15. The number of rotatable bonds is 2. The monoisotopic (exact) mass is 232 g/mol. The Morgan fingerprint density at radius 1 is 1.47 bits per heavy atom. The van der Waals surface area contributed by atoms with Crippen molar-refractivity contribution in [3.8, 4) is 0 Å². The van der Waals surface area contributed by atoms with E-state index in [4.69, 9.17) is 10.2 Å². The molecule has 0 bridgehead atoms. The molecular weight excluding hydrogens is 216 g/mol. The zero-order chi connectivity index (χ0) is 11.8. The Bertz CT molecular complexity index is 528. The van der Waals surface area contributed by atoms with Crippen LogP contribution in [0.15, 0.2) is 16.8 Å². The van der Waals surface area contributed by atoms with Gasteiger partial charge in [0.1, 0.15) is 6.54 Å². The summed E-state index contributed by atoms with van der Waals surface area (Å²) in [7, 11) is 0. The van der Waals surface area contributed by atoms with Crippen molar-refractivity contribution in [2.75, 3.05) is 0 Å². The number of aromatic nitrogens is 3. The highest BCUT2D eigenvalue weighted by molar-refractivity contribution is 5.30. The summed E-state index contributed by atoms with van der Waals surface area (Å²) in [5.41, 5.74) is 8.72. The van der Waals surface area contributed by atoms with E-state index in [1.807, 2.05) is 0 Å². The fourth-order valence-electron chi connectivity index (χ4n) is 2.43. The first kappa shape index (κ1) is 10.5. The van der Waals surface area contributed by atoms with E-state index in [-0.39, 0.29) is 6.04 Å². The number of fused-ring (bicyclic) bond motifs is 1.